The van der Waals surface area contributed by atoms with E-state index in [-0.39, 0.29) is 19.6 Å². The lowest BCUT2D eigenvalue weighted by Gasteiger charge is -2.21. The van der Waals surface area contributed by atoms with Gasteiger partial charge in [0, 0.05) is 13.0 Å². The summed E-state index contributed by atoms with van der Waals surface area (Å²) in [5, 5.41) is 18.9. The van der Waals surface area contributed by atoms with Gasteiger partial charge in [0.1, 0.15) is 11.8 Å². The first-order valence-electron chi connectivity index (χ1n) is 6.47. The SMILES string of the molecule is Cc1ccc(Cl)c(OCC(=O)N2C[C@H](O)C[C@H]2C(=O)O)c1. The molecule has 1 fully saturated rings. The van der Waals surface area contributed by atoms with Crippen LogP contribution in [0, 0.1) is 6.92 Å². The number of ether oxygens (including phenoxy) is 1. The number of carbonyl (C=O) groups excluding carboxylic acids is 1. The highest BCUT2D eigenvalue weighted by atomic mass is 35.5. The molecule has 0 spiro atoms. The number of aliphatic hydroxyl groups is 1. The van der Waals surface area contributed by atoms with Crippen LogP contribution < -0.4 is 4.74 Å². The Morgan fingerprint density at radius 2 is 2.19 bits per heavy atom. The molecule has 1 heterocycles. The first-order chi connectivity index (χ1) is 9.88. The lowest BCUT2D eigenvalue weighted by atomic mass is 10.2. The third-order valence-electron chi connectivity index (χ3n) is 3.32. The number of benzene rings is 1. The van der Waals surface area contributed by atoms with Crippen LogP contribution in [-0.2, 0) is 9.59 Å². The van der Waals surface area contributed by atoms with E-state index in [0.29, 0.717) is 10.8 Å². The monoisotopic (exact) mass is 313 g/mol. The minimum Gasteiger partial charge on any atom is -0.482 e. The molecule has 1 aliphatic rings. The van der Waals surface area contributed by atoms with Crippen LogP contribution in [0.1, 0.15) is 12.0 Å². The van der Waals surface area contributed by atoms with Crippen molar-refractivity contribution in [3.8, 4) is 5.75 Å². The van der Waals surface area contributed by atoms with Gasteiger partial charge in [-0.05, 0) is 24.6 Å². The number of halogens is 1. The Hall–Kier alpha value is -1.79. The fourth-order valence-electron chi connectivity index (χ4n) is 2.27. The van der Waals surface area contributed by atoms with Gasteiger partial charge < -0.3 is 19.8 Å². The van der Waals surface area contributed by atoms with Crippen molar-refractivity contribution < 1.29 is 24.5 Å². The zero-order chi connectivity index (χ0) is 15.6. The topological polar surface area (TPSA) is 87.1 Å². The molecule has 1 saturated heterocycles. The van der Waals surface area contributed by atoms with Crippen molar-refractivity contribution >= 4 is 23.5 Å². The number of aliphatic carboxylic acids is 1. The summed E-state index contributed by atoms with van der Waals surface area (Å²) in [4.78, 5) is 24.2. The predicted octanol–water partition coefficient (Wildman–Crippen LogP) is 1.07. The van der Waals surface area contributed by atoms with Gasteiger partial charge in [0.15, 0.2) is 6.61 Å². The van der Waals surface area contributed by atoms with E-state index >= 15 is 0 Å². The van der Waals surface area contributed by atoms with E-state index in [4.69, 9.17) is 21.4 Å². The van der Waals surface area contributed by atoms with Gasteiger partial charge in [-0.2, -0.15) is 0 Å². The quantitative estimate of drug-likeness (QED) is 0.868. The summed E-state index contributed by atoms with van der Waals surface area (Å²) in [6.07, 6.45) is -0.788. The molecule has 7 heteroatoms. The second-order valence-electron chi connectivity index (χ2n) is 5.01. The molecule has 114 valence electrons. The number of β-amino-alcohol motifs (C(OH)–C–C–N with tert-alkyl or cyclic N) is 1. The maximum absolute atomic E-state index is 12.1. The molecular weight excluding hydrogens is 298 g/mol. The number of carboxylic acids is 1. The number of nitrogens with zero attached hydrogens (tertiary/aromatic N) is 1. The highest BCUT2D eigenvalue weighted by Gasteiger charge is 2.38. The van der Waals surface area contributed by atoms with Gasteiger partial charge in [0.2, 0.25) is 0 Å². The van der Waals surface area contributed by atoms with Gasteiger partial charge >= 0.3 is 5.97 Å². The predicted molar refractivity (Wildman–Crippen MR) is 75.4 cm³/mol. The molecule has 0 unspecified atom stereocenters. The first kappa shape index (κ1) is 15.6. The van der Waals surface area contributed by atoms with E-state index in [1.807, 2.05) is 13.0 Å². The molecule has 1 aromatic rings. The van der Waals surface area contributed by atoms with Crippen LogP contribution in [0.25, 0.3) is 0 Å². The van der Waals surface area contributed by atoms with Crippen molar-refractivity contribution in [1.29, 1.82) is 0 Å². The minimum absolute atomic E-state index is 0.000704. The second kappa shape index (κ2) is 6.32. The van der Waals surface area contributed by atoms with Gasteiger partial charge in [0.25, 0.3) is 5.91 Å². The minimum atomic E-state index is -1.13. The van der Waals surface area contributed by atoms with Crippen LogP contribution >= 0.6 is 11.6 Å². The molecule has 21 heavy (non-hydrogen) atoms. The maximum atomic E-state index is 12.1. The molecule has 0 aromatic heterocycles. The number of carbonyl (C=O) groups is 2. The highest BCUT2D eigenvalue weighted by Crippen LogP contribution is 2.25. The molecule has 0 saturated carbocycles. The van der Waals surface area contributed by atoms with Crippen LogP contribution in [0.4, 0.5) is 0 Å². The molecule has 2 rings (SSSR count). The maximum Gasteiger partial charge on any atom is 0.326 e. The molecule has 2 atom stereocenters. The lowest BCUT2D eigenvalue weighted by molar-refractivity contribution is -0.148. The van der Waals surface area contributed by atoms with Crippen molar-refractivity contribution in [2.75, 3.05) is 13.2 Å². The highest BCUT2D eigenvalue weighted by molar-refractivity contribution is 6.32. The number of amides is 1. The molecule has 0 aliphatic carbocycles. The van der Waals surface area contributed by atoms with E-state index in [2.05, 4.69) is 0 Å². The Morgan fingerprint density at radius 1 is 1.48 bits per heavy atom. The summed E-state index contributed by atoms with van der Waals surface area (Å²) in [7, 11) is 0. The molecule has 2 N–H and O–H groups in total. The lowest BCUT2D eigenvalue weighted by Crippen LogP contribution is -2.42. The van der Waals surface area contributed by atoms with Crippen LogP contribution in [0.5, 0.6) is 5.75 Å². The first-order valence-corrected chi connectivity index (χ1v) is 6.85. The summed E-state index contributed by atoms with van der Waals surface area (Å²) in [5.41, 5.74) is 0.932. The van der Waals surface area contributed by atoms with Gasteiger partial charge in [-0.1, -0.05) is 17.7 Å². The summed E-state index contributed by atoms with van der Waals surface area (Å²) < 4.78 is 5.36. The van der Waals surface area contributed by atoms with Crippen molar-refractivity contribution in [2.45, 2.75) is 25.5 Å². The number of rotatable bonds is 4. The van der Waals surface area contributed by atoms with Crippen molar-refractivity contribution in [3.63, 3.8) is 0 Å². The Balaban J connectivity index is 2.01. The average Bonchev–Trinajstić information content (AvgIpc) is 2.82. The van der Waals surface area contributed by atoms with Crippen molar-refractivity contribution in [1.82, 2.24) is 4.90 Å². The molecule has 0 bridgehead atoms. The van der Waals surface area contributed by atoms with Crippen LogP contribution in [0.15, 0.2) is 18.2 Å². The van der Waals surface area contributed by atoms with E-state index in [9.17, 15) is 14.7 Å². The average molecular weight is 314 g/mol. The van der Waals surface area contributed by atoms with E-state index in [1.165, 1.54) is 0 Å². The Morgan fingerprint density at radius 3 is 2.86 bits per heavy atom. The Bertz CT molecular complexity index is 562. The number of aryl methyl sites for hydroxylation is 1. The second-order valence-corrected chi connectivity index (χ2v) is 5.42. The summed E-state index contributed by atoms with van der Waals surface area (Å²) in [6, 6.07) is 4.16. The standard InChI is InChI=1S/C14H16ClNO5/c1-8-2-3-10(15)12(4-8)21-7-13(18)16-6-9(17)5-11(16)14(19)20/h2-4,9,11,17H,5-7H2,1H3,(H,19,20)/t9-,11+/m1/s1. The van der Waals surface area contributed by atoms with Crippen molar-refractivity contribution in [2.24, 2.45) is 0 Å². The fourth-order valence-corrected chi connectivity index (χ4v) is 2.44. The summed E-state index contributed by atoms with van der Waals surface area (Å²) >= 11 is 5.96. The van der Waals surface area contributed by atoms with E-state index < -0.39 is 24.0 Å². The Labute approximate surface area is 126 Å². The molecule has 0 radical (unpaired) electrons. The molecule has 1 amide bonds. The molecule has 1 aliphatic heterocycles. The fraction of sp³-hybridized carbons (Fsp3) is 0.429. The summed E-state index contributed by atoms with van der Waals surface area (Å²) in [5.74, 6) is -1.25. The number of carboxylic acid groups (broad SMARTS) is 1. The van der Waals surface area contributed by atoms with Gasteiger partial charge in [-0.3, -0.25) is 4.79 Å². The smallest absolute Gasteiger partial charge is 0.326 e. The van der Waals surface area contributed by atoms with Crippen LogP contribution in [0.3, 0.4) is 0 Å². The molecular formula is C14H16ClNO5. The largest absolute Gasteiger partial charge is 0.482 e. The van der Waals surface area contributed by atoms with E-state index in [0.717, 1.165) is 10.5 Å². The van der Waals surface area contributed by atoms with Crippen LogP contribution in [-0.4, -0.2) is 52.3 Å². The summed E-state index contributed by atoms with van der Waals surface area (Å²) in [6.45, 7) is 1.54. The molecule has 6 nitrogen and oxygen atoms in total. The number of hydrogen-bond donors (Lipinski definition) is 2. The molecule has 1 aromatic carbocycles. The normalized spacial score (nSPS) is 21.4. The Kier molecular flexibility index (Phi) is 4.69. The number of hydrogen-bond acceptors (Lipinski definition) is 4. The van der Waals surface area contributed by atoms with Crippen molar-refractivity contribution in [3.05, 3.63) is 28.8 Å². The van der Waals surface area contributed by atoms with Gasteiger partial charge in [-0.15, -0.1) is 0 Å². The van der Waals surface area contributed by atoms with Gasteiger partial charge in [0.05, 0.1) is 11.1 Å². The zero-order valence-electron chi connectivity index (χ0n) is 11.5. The van der Waals surface area contributed by atoms with Crippen LogP contribution in [0.2, 0.25) is 5.02 Å². The van der Waals surface area contributed by atoms with Gasteiger partial charge in [-0.25, -0.2) is 4.79 Å². The van der Waals surface area contributed by atoms with E-state index in [1.54, 1.807) is 12.1 Å². The zero-order valence-corrected chi connectivity index (χ0v) is 12.2. The third kappa shape index (κ3) is 3.65. The third-order valence-corrected chi connectivity index (χ3v) is 3.63. The number of likely N-dealkylation sites (tertiary alicyclic amines) is 1. The number of aliphatic hydroxyl groups excluding tert-OH is 1.